The van der Waals surface area contributed by atoms with Gasteiger partial charge in [0, 0.05) is 32.7 Å². The van der Waals surface area contributed by atoms with Crippen molar-refractivity contribution in [3.8, 4) is 0 Å². The van der Waals surface area contributed by atoms with E-state index in [2.05, 4.69) is 44.4 Å². The van der Waals surface area contributed by atoms with Crippen molar-refractivity contribution in [2.75, 3.05) is 45.9 Å². The number of ether oxygens (including phenoxy) is 1. The summed E-state index contributed by atoms with van der Waals surface area (Å²) in [7, 11) is 0. The molecule has 2 fully saturated rings. The molecule has 2 aliphatic heterocycles. The molecule has 0 aromatic carbocycles. The van der Waals surface area contributed by atoms with Gasteiger partial charge in [0.15, 0.2) is 0 Å². The molecular weight excluding hydrogens is 272 g/mol. The van der Waals surface area contributed by atoms with Gasteiger partial charge in [-0.2, -0.15) is 0 Å². The first-order valence-corrected chi connectivity index (χ1v) is 9.37. The van der Waals surface area contributed by atoms with Crippen molar-refractivity contribution < 1.29 is 4.74 Å². The van der Waals surface area contributed by atoms with Crippen LogP contribution in [0.25, 0.3) is 0 Å². The predicted molar refractivity (Wildman–Crippen MR) is 94.3 cm³/mol. The lowest BCUT2D eigenvalue weighted by atomic mass is 9.88. The standard InChI is InChI=1S/C19H38N2O/c1-17(2)15-20-11-8-19(9-12-20)16-21(13-14-22-19)10-6-7-18(3,4)5/h17H,6-16H2,1-5H3. The quantitative estimate of drug-likeness (QED) is 0.771. The second-order valence-electron chi connectivity index (χ2n) is 9.17. The molecule has 0 aliphatic carbocycles. The van der Waals surface area contributed by atoms with Crippen molar-refractivity contribution in [3.63, 3.8) is 0 Å². The molecule has 0 aromatic heterocycles. The van der Waals surface area contributed by atoms with Crippen molar-refractivity contribution in [1.82, 2.24) is 9.80 Å². The Balaban J connectivity index is 1.76. The zero-order valence-electron chi connectivity index (χ0n) is 15.7. The summed E-state index contributed by atoms with van der Waals surface area (Å²) in [5, 5.41) is 0. The Morgan fingerprint density at radius 2 is 1.73 bits per heavy atom. The summed E-state index contributed by atoms with van der Waals surface area (Å²) >= 11 is 0. The average molecular weight is 311 g/mol. The number of likely N-dealkylation sites (tertiary alicyclic amines) is 1. The fraction of sp³-hybridized carbons (Fsp3) is 1.00. The number of nitrogens with zero attached hydrogens (tertiary/aromatic N) is 2. The number of hydrogen-bond acceptors (Lipinski definition) is 3. The first kappa shape index (κ1) is 18.2. The van der Waals surface area contributed by atoms with Gasteiger partial charge in [-0.25, -0.2) is 0 Å². The molecule has 0 bridgehead atoms. The molecule has 2 aliphatic rings. The van der Waals surface area contributed by atoms with Gasteiger partial charge in [0.1, 0.15) is 0 Å². The van der Waals surface area contributed by atoms with Crippen LogP contribution >= 0.6 is 0 Å². The van der Waals surface area contributed by atoms with E-state index in [-0.39, 0.29) is 5.60 Å². The van der Waals surface area contributed by atoms with Gasteiger partial charge in [-0.15, -0.1) is 0 Å². The highest BCUT2D eigenvalue weighted by Crippen LogP contribution is 2.31. The Labute approximate surface area is 138 Å². The number of piperidine rings is 1. The third kappa shape index (κ3) is 5.82. The molecule has 3 heteroatoms. The summed E-state index contributed by atoms with van der Waals surface area (Å²) in [5.41, 5.74) is 0.625. The zero-order valence-corrected chi connectivity index (χ0v) is 15.7. The van der Waals surface area contributed by atoms with Crippen LogP contribution in [0.15, 0.2) is 0 Å². The Morgan fingerprint density at radius 3 is 2.32 bits per heavy atom. The molecule has 0 radical (unpaired) electrons. The normalized spacial score (nSPS) is 24.3. The molecule has 2 heterocycles. The second-order valence-corrected chi connectivity index (χ2v) is 9.17. The summed E-state index contributed by atoms with van der Waals surface area (Å²) in [6.45, 7) is 19.8. The number of hydrogen-bond donors (Lipinski definition) is 0. The van der Waals surface area contributed by atoms with Crippen molar-refractivity contribution in [1.29, 1.82) is 0 Å². The average Bonchev–Trinajstić information content (AvgIpc) is 2.40. The van der Waals surface area contributed by atoms with Crippen molar-refractivity contribution in [2.45, 2.75) is 65.9 Å². The first-order chi connectivity index (χ1) is 10.3. The summed E-state index contributed by atoms with van der Waals surface area (Å²) < 4.78 is 6.27. The van der Waals surface area contributed by atoms with E-state index in [4.69, 9.17) is 4.74 Å². The molecular formula is C19H38N2O. The Kier molecular flexibility index (Phi) is 6.32. The lowest BCUT2D eigenvalue weighted by Crippen LogP contribution is -2.57. The van der Waals surface area contributed by atoms with Crippen molar-refractivity contribution in [3.05, 3.63) is 0 Å². The minimum absolute atomic E-state index is 0.160. The highest BCUT2D eigenvalue weighted by Gasteiger charge is 2.39. The van der Waals surface area contributed by atoms with Gasteiger partial charge in [0.25, 0.3) is 0 Å². The third-order valence-corrected chi connectivity index (χ3v) is 5.12. The van der Waals surface area contributed by atoms with Crippen LogP contribution in [0, 0.1) is 11.3 Å². The predicted octanol–water partition coefficient (Wildman–Crippen LogP) is 3.64. The van der Waals surface area contributed by atoms with Crippen LogP contribution in [0.5, 0.6) is 0 Å². The van der Waals surface area contributed by atoms with Crippen LogP contribution < -0.4 is 0 Å². The Hall–Kier alpha value is -0.120. The molecule has 0 unspecified atom stereocenters. The largest absolute Gasteiger partial charge is 0.372 e. The molecule has 0 atom stereocenters. The topological polar surface area (TPSA) is 15.7 Å². The zero-order chi connectivity index (χ0) is 16.2. The number of rotatable bonds is 5. The Bertz CT molecular complexity index is 327. The van der Waals surface area contributed by atoms with E-state index >= 15 is 0 Å². The molecule has 0 aromatic rings. The number of morpholine rings is 1. The SMILES string of the molecule is CC(C)CN1CCC2(CC1)CN(CCCC(C)(C)C)CCO2. The highest BCUT2D eigenvalue weighted by atomic mass is 16.5. The highest BCUT2D eigenvalue weighted by molar-refractivity contribution is 4.93. The maximum atomic E-state index is 6.27. The minimum atomic E-state index is 0.160. The van der Waals surface area contributed by atoms with E-state index in [1.165, 1.54) is 51.9 Å². The van der Waals surface area contributed by atoms with Gasteiger partial charge in [0.05, 0.1) is 12.2 Å². The van der Waals surface area contributed by atoms with E-state index in [0.717, 1.165) is 25.6 Å². The monoisotopic (exact) mass is 310 g/mol. The maximum absolute atomic E-state index is 6.27. The van der Waals surface area contributed by atoms with Gasteiger partial charge in [-0.1, -0.05) is 34.6 Å². The van der Waals surface area contributed by atoms with Crippen molar-refractivity contribution in [2.24, 2.45) is 11.3 Å². The fourth-order valence-electron chi connectivity index (χ4n) is 3.91. The van der Waals surface area contributed by atoms with E-state index in [9.17, 15) is 0 Å². The lowest BCUT2D eigenvalue weighted by Gasteiger charge is -2.47. The fourth-order valence-corrected chi connectivity index (χ4v) is 3.91. The smallest absolute Gasteiger partial charge is 0.0833 e. The van der Waals surface area contributed by atoms with Crippen LogP contribution in [0.1, 0.15) is 60.3 Å². The van der Waals surface area contributed by atoms with Gasteiger partial charge >= 0.3 is 0 Å². The van der Waals surface area contributed by atoms with Gasteiger partial charge in [0.2, 0.25) is 0 Å². The third-order valence-electron chi connectivity index (χ3n) is 5.12. The van der Waals surface area contributed by atoms with Crippen LogP contribution in [0.4, 0.5) is 0 Å². The van der Waals surface area contributed by atoms with Gasteiger partial charge < -0.3 is 9.64 Å². The first-order valence-electron chi connectivity index (χ1n) is 9.37. The van der Waals surface area contributed by atoms with E-state index in [1.807, 2.05) is 0 Å². The second kappa shape index (κ2) is 7.63. The van der Waals surface area contributed by atoms with Gasteiger partial charge in [-0.05, 0) is 43.6 Å². The lowest BCUT2D eigenvalue weighted by molar-refractivity contribution is -0.136. The van der Waals surface area contributed by atoms with E-state index in [1.54, 1.807) is 0 Å². The molecule has 22 heavy (non-hydrogen) atoms. The van der Waals surface area contributed by atoms with E-state index in [0.29, 0.717) is 5.41 Å². The van der Waals surface area contributed by atoms with Crippen LogP contribution in [-0.2, 0) is 4.74 Å². The molecule has 0 N–H and O–H groups in total. The van der Waals surface area contributed by atoms with Crippen LogP contribution in [0.2, 0.25) is 0 Å². The minimum Gasteiger partial charge on any atom is -0.372 e. The molecule has 2 rings (SSSR count). The molecule has 0 saturated carbocycles. The van der Waals surface area contributed by atoms with Crippen LogP contribution in [0.3, 0.4) is 0 Å². The molecule has 2 saturated heterocycles. The summed E-state index contributed by atoms with van der Waals surface area (Å²) in [6.07, 6.45) is 5.07. The molecule has 130 valence electrons. The van der Waals surface area contributed by atoms with Crippen LogP contribution in [-0.4, -0.2) is 61.3 Å². The van der Waals surface area contributed by atoms with E-state index < -0.39 is 0 Å². The summed E-state index contributed by atoms with van der Waals surface area (Å²) in [5.74, 6) is 0.773. The summed E-state index contributed by atoms with van der Waals surface area (Å²) in [4.78, 5) is 5.28. The molecule has 1 spiro atoms. The molecule has 3 nitrogen and oxygen atoms in total. The summed E-state index contributed by atoms with van der Waals surface area (Å²) in [6, 6.07) is 0. The maximum Gasteiger partial charge on any atom is 0.0833 e. The van der Waals surface area contributed by atoms with Gasteiger partial charge in [-0.3, -0.25) is 4.90 Å². The Morgan fingerprint density at radius 1 is 1.05 bits per heavy atom. The van der Waals surface area contributed by atoms with Crippen molar-refractivity contribution >= 4 is 0 Å². The molecule has 0 amide bonds.